The van der Waals surface area contributed by atoms with Gasteiger partial charge < -0.3 is 14.4 Å². The first kappa shape index (κ1) is 15.7. The summed E-state index contributed by atoms with van der Waals surface area (Å²) in [4.78, 5) is 22.6. The fraction of sp³-hybridized carbons (Fsp3) is 0.167. The Morgan fingerprint density at radius 1 is 1.12 bits per heavy atom. The van der Waals surface area contributed by atoms with Crippen LogP contribution in [0.5, 0.6) is 5.75 Å². The maximum atomic E-state index is 12.8. The SMILES string of the molecule is Cc1cnc(C(=O)N(Cc2ccco2)Cc2ccccc2O)cn1. The highest BCUT2D eigenvalue weighted by Gasteiger charge is 2.20. The molecule has 0 saturated heterocycles. The van der Waals surface area contributed by atoms with Gasteiger partial charge in [0.15, 0.2) is 0 Å². The summed E-state index contributed by atoms with van der Waals surface area (Å²) < 4.78 is 5.34. The van der Waals surface area contributed by atoms with Crippen molar-refractivity contribution >= 4 is 5.91 Å². The van der Waals surface area contributed by atoms with E-state index >= 15 is 0 Å². The van der Waals surface area contributed by atoms with Crippen molar-refractivity contribution in [3.05, 3.63) is 77.8 Å². The number of rotatable bonds is 5. The third-order valence-corrected chi connectivity index (χ3v) is 3.57. The van der Waals surface area contributed by atoms with Gasteiger partial charge in [0.2, 0.25) is 0 Å². The van der Waals surface area contributed by atoms with Crippen LogP contribution in [0.25, 0.3) is 0 Å². The highest BCUT2D eigenvalue weighted by Crippen LogP contribution is 2.20. The van der Waals surface area contributed by atoms with Gasteiger partial charge in [-0.25, -0.2) is 4.98 Å². The molecule has 0 aliphatic heterocycles. The third-order valence-electron chi connectivity index (χ3n) is 3.57. The van der Waals surface area contributed by atoms with Gasteiger partial charge in [-0.2, -0.15) is 0 Å². The molecule has 122 valence electrons. The van der Waals surface area contributed by atoms with Gasteiger partial charge in [-0.3, -0.25) is 9.78 Å². The van der Waals surface area contributed by atoms with Crippen LogP contribution in [-0.4, -0.2) is 25.9 Å². The Kier molecular flexibility index (Phi) is 4.56. The third kappa shape index (κ3) is 3.60. The number of furan rings is 1. The second-order valence-electron chi connectivity index (χ2n) is 5.41. The lowest BCUT2D eigenvalue weighted by Gasteiger charge is -2.22. The Hall–Kier alpha value is -3.15. The van der Waals surface area contributed by atoms with Gasteiger partial charge in [0.05, 0.1) is 31.2 Å². The number of aromatic hydroxyl groups is 1. The quantitative estimate of drug-likeness (QED) is 0.781. The van der Waals surface area contributed by atoms with E-state index in [0.717, 1.165) is 5.69 Å². The van der Waals surface area contributed by atoms with Crippen LogP contribution in [0.1, 0.15) is 27.5 Å². The van der Waals surface area contributed by atoms with E-state index in [9.17, 15) is 9.90 Å². The van der Waals surface area contributed by atoms with E-state index in [0.29, 0.717) is 11.3 Å². The van der Waals surface area contributed by atoms with E-state index in [1.54, 1.807) is 47.7 Å². The highest BCUT2D eigenvalue weighted by molar-refractivity contribution is 5.91. The van der Waals surface area contributed by atoms with Crippen LogP contribution < -0.4 is 0 Å². The summed E-state index contributed by atoms with van der Waals surface area (Å²) in [6.07, 6.45) is 4.57. The number of phenols is 1. The lowest BCUT2D eigenvalue weighted by atomic mass is 10.1. The van der Waals surface area contributed by atoms with Crippen molar-refractivity contribution < 1.29 is 14.3 Å². The number of carbonyl (C=O) groups excluding carboxylic acids is 1. The molecule has 3 aromatic rings. The minimum absolute atomic E-state index is 0.143. The smallest absolute Gasteiger partial charge is 0.274 e. The largest absolute Gasteiger partial charge is 0.508 e. The maximum Gasteiger partial charge on any atom is 0.274 e. The van der Waals surface area contributed by atoms with Crippen molar-refractivity contribution in [2.75, 3.05) is 0 Å². The summed E-state index contributed by atoms with van der Waals surface area (Å²) >= 11 is 0. The van der Waals surface area contributed by atoms with Crippen molar-refractivity contribution in [2.24, 2.45) is 0 Å². The zero-order chi connectivity index (χ0) is 16.9. The van der Waals surface area contributed by atoms with Crippen LogP contribution in [0.4, 0.5) is 0 Å². The van der Waals surface area contributed by atoms with Crippen LogP contribution >= 0.6 is 0 Å². The summed E-state index contributed by atoms with van der Waals surface area (Å²) in [6, 6.07) is 10.5. The Balaban J connectivity index is 1.87. The monoisotopic (exact) mass is 323 g/mol. The Morgan fingerprint density at radius 3 is 2.62 bits per heavy atom. The molecule has 0 saturated carbocycles. The van der Waals surface area contributed by atoms with Gasteiger partial charge >= 0.3 is 0 Å². The van der Waals surface area contributed by atoms with Gasteiger partial charge in [-0.05, 0) is 25.1 Å². The molecule has 0 bridgehead atoms. The topological polar surface area (TPSA) is 79.5 Å². The normalized spacial score (nSPS) is 10.5. The van der Waals surface area contributed by atoms with Gasteiger partial charge in [0, 0.05) is 11.8 Å². The minimum Gasteiger partial charge on any atom is -0.508 e. The number of para-hydroxylation sites is 1. The number of hydrogen-bond acceptors (Lipinski definition) is 5. The van der Waals surface area contributed by atoms with Crippen molar-refractivity contribution in [3.63, 3.8) is 0 Å². The van der Waals surface area contributed by atoms with E-state index < -0.39 is 0 Å². The van der Waals surface area contributed by atoms with Gasteiger partial charge in [0.1, 0.15) is 17.2 Å². The number of nitrogens with zero attached hydrogens (tertiary/aromatic N) is 3. The molecule has 2 heterocycles. The molecule has 0 aliphatic rings. The minimum atomic E-state index is -0.276. The molecule has 1 N–H and O–H groups in total. The molecule has 24 heavy (non-hydrogen) atoms. The number of aromatic nitrogens is 2. The molecule has 0 radical (unpaired) electrons. The zero-order valence-electron chi connectivity index (χ0n) is 13.2. The lowest BCUT2D eigenvalue weighted by Crippen LogP contribution is -2.30. The molecular weight excluding hydrogens is 306 g/mol. The van der Waals surface area contributed by atoms with Crippen LogP contribution in [-0.2, 0) is 13.1 Å². The van der Waals surface area contributed by atoms with Crippen LogP contribution in [0.3, 0.4) is 0 Å². The standard InChI is InChI=1S/C18H17N3O3/c1-13-9-20-16(10-19-13)18(23)21(12-15-6-4-8-24-15)11-14-5-2-3-7-17(14)22/h2-10,22H,11-12H2,1H3. The molecule has 2 aromatic heterocycles. The van der Waals surface area contributed by atoms with E-state index in [1.165, 1.54) is 6.20 Å². The highest BCUT2D eigenvalue weighted by atomic mass is 16.3. The zero-order valence-corrected chi connectivity index (χ0v) is 13.2. The molecule has 0 unspecified atom stereocenters. The van der Waals surface area contributed by atoms with E-state index in [-0.39, 0.29) is 30.4 Å². The van der Waals surface area contributed by atoms with Crippen molar-refractivity contribution in [2.45, 2.75) is 20.0 Å². The Morgan fingerprint density at radius 2 is 1.96 bits per heavy atom. The summed E-state index contributed by atoms with van der Waals surface area (Å²) in [5, 5.41) is 9.98. The fourth-order valence-electron chi connectivity index (χ4n) is 2.31. The van der Waals surface area contributed by atoms with Crippen molar-refractivity contribution in [1.82, 2.24) is 14.9 Å². The number of benzene rings is 1. The summed E-state index contributed by atoms with van der Waals surface area (Å²) in [7, 11) is 0. The maximum absolute atomic E-state index is 12.8. The molecule has 1 amide bonds. The lowest BCUT2D eigenvalue weighted by molar-refractivity contribution is 0.0710. The molecule has 0 atom stereocenters. The molecule has 0 fully saturated rings. The van der Waals surface area contributed by atoms with Gasteiger partial charge in [-0.15, -0.1) is 0 Å². The van der Waals surface area contributed by atoms with Gasteiger partial charge in [0.25, 0.3) is 5.91 Å². The number of amides is 1. The average Bonchev–Trinajstić information content (AvgIpc) is 3.09. The predicted octanol–water partition coefficient (Wildman–Crippen LogP) is 2.93. The molecule has 6 nitrogen and oxygen atoms in total. The van der Waals surface area contributed by atoms with E-state index in [1.807, 2.05) is 13.0 Å². The Bertz CT molecular complexity index is 814. The fourth-order valence-corrected chi connectivity index (χ4v) is 2.31. The molecule has 6 heteroatoms. The Labute approximate surface area is 139 Å². The summed E-state index contributed by atoms with van der Waals surface area (Å²) in [6.45, 7) is 2.32. The summed E-state index contributed by atoms with van der Waals surface area (Å²) in [5.41, 5.74) is 1.64. The molecule has 1 aromatic carbocycles. The number of phenolic OH excluding ortho intramolecular Hbond substituents is 1. The number of carbonyl (C=O) groups is 1. The van der Waals surface area contributed by atoms with E-state index in [4.69, 9.17) is 4.42 Å². The van der Waals surface area contributed by atoms with Crippen molar-refractivity contribution in [1.29, 1.82) is 0 Å². The number of aryl methyl sites for hydroxylation is 1. The molecule has 3 rings (SSSR count). The van der Waals surface area contributed by atoms with E-state index in [2.05, 4.69) is 9.97 Å². The van der Waals surface area contributed by atoms with Crippen LogP contribution in [0, 0.1) is 6.92 Å². The second kappa shape index (κ2) is 6.95. The first-order valence-corrected chi connectivity index (χ1v) is 7.50. The van der Waals surface area contributed by atoms with Crippen LogP contribution in [0.2, 0.25) is 0 Å². The molecule has 0 aliphatic carbocycles. The van der Waals surface area contributed by atoms with Crippen molar-refractivity contribution in [3.8, 4) is 5.75 Å². The molecular formula is C18H17N3O3. The van der Waals surface area contributed by atoms with Gasteiger partial charge in [-0.1, -0.05) is 18.2 Å². The first-order valence-electron chi connectivity index (χ1n) is 7.50. The second-order valence-corrected chi connectivity index (χ2v) is 5.41. The number of hydrogen-bond donors (Lipinski definition) is 1. The average molecular weight is 323 g/mol. The first-order chi connectivity index (χ1) is 11.6. The summed E-state index contributed by atoms with van der Waals surface area (Å²) in [5.74, 6) is 0.519. The molecule has 0 spiro atoms. The van der Waals surface area contributed by atoms with Crippen LogP contribution in [0.15, 0.2) is 59.5 Å². The predicted molar refractivity (Wildman–Crippen MR) is 87.2 cm³/mol.